The van der Waals surface area contributed by atoms with Crippen LogP contribution in [-0.4, -0.2) is 10.2 Å². The lowest BCUT2D eigenvalue weighted by Gasteiger charge is -2.05. The van der Waals surface area contributed by atoms with Crippen LogP contribution in [0, 0.1) is 0 Å². The lowest BCUT2D eigenvalue weighted by atomic mass is 10.2. The van der Waals surface area contributed by atoms with Crippen LogP contribution >= 0.6 is 11.3 Å². The van der Waals surface area contributed by atoms with E-state index >= 15 is 0 Å². The standard InChI is InChI=1S/C10H13N3S/c1-2-7-3-4-9(14-7)10(11)8-5-6-12-13-8/h3-6,10H,2,11H2,1H3,(H,12,13). The molecule has 0 aliphatic carbocycles. The number of aromatic nitrogens is 2. The molecule has 0 fully saturated rings. The molecule has 0 saturated heterocycles. The van der Waals surface area contributed by atoms with Crippen molar-refractivity contribution >= 4 is 11.3 Å². The zero-order chi connectivity index (χ0) is 9.97. The number of nitrogens with one attached hydrogen (secondary N) is 1. The average Bonchev–Trinajstić information content (AvgIpc) is 2.88. The molecule has 2 aromatic rings. The fourth-order valence-electron chi connectivity index (χ4n) is 1.34. The van der Waals surface area contributed by atoms with Gasteiger partial charge in [0.15, 0.2) is 0 Å². The van der Waals surface area contributed by atoms with Crippen LogP contribution in [0.2, 0.25) is 0 Å². The molecule has 0 aromatic carbocycles. The number of thiophene rings is 1. The number of nitrogens with two attached hydrogens (primary N) is 1. The molecular formula is C10H13N3S. The summed E-state index contributed by atoms with van der Waals surface area (Å²) in [7, 11) is 0. The molecule has 74 valence electrons. The number of aromatic amines is 1. The van der Waals surface area contributed by atoms with Gasteiger partial charge in [0, 0.05) is 16.0 Å². The first kappa shape index (κ1) is 9.43. The Balaban J connectivity index is 2.23. The van der Waals surface area contributed by atoms with Gasteiger partial charge in [-0.2, -0.15) is 5.10 Å². The van der Waals surface area contributed by atoms with Crippen molar-refractivity contribution in [3.8, 4) is 0 Å². The average molecular weight is 207 g/mol. The largest absolute Gasteiger partial charge is 0.318 e. The summed E-state index contributed by atoms with van der Waals surface area (Å²) >= 11 is 1.77. The summed E-state index contributed by atoms with van der Waals surface area (Å²) in [6.45, 7) is 2.15. The summed E-state index contributed by atoms with van der Waals surface area (Å²) in [5.41, 5.74) is 7.04. The molecule has 2 aromatic heterocycles. The van der Waals surface area contributed by atoms with E-state index in [1.54, 1.807) is 17.5 Å². The maximum atomic E-state index is 6.07. The quantitative estimate of drug-likeness (QED) is 0.809. The molecular weight excluding hydrogens is 194 g/mol. The van der Waals surface area contributed by atoms with Gasteiger partial charge in [0.2, 0.25) is 0 Å². The Hall–Kier alpha value is -1.13. The van der Waals surface area contributed by atoms with E-state index in [0.29, 0.717) is 0 Å². The van der Waals surface area contributed by atoms with Crippen LogP contribution in [0.25, 0.3) is 0 Å². The molecule has 0 saturated carbocycles. The second-order valence-electron chi connectivity index (χ2n) is 3.15. The first-order valence-corrected chi connectivity index (χ1v) is 5.46. The van der Waals surface area contributed by atoms with Crippen molar-refractivity contribution in [2.75, 3.05) is 0 Å². The number of hydrogen-bond acceptors (Lipinski definition) is 3. The topological polar surface area (TPSA) is 54.7 Å². The highest BCUT2D eigenvalue weighted by Gasteiger charge is 2.11. The van der Waals surface area contributed by atoms with Crippen molar-refractivity contribution < 1.29 is 0 Å². The summed E-state index contributed by atoms with van der Waals surface area (Å²) in [4.78, 5) is 2.56. The number of hydrogen-bond donors (Lipinski definition) is 2. The highest BCUT2D eigenvalue weighted by molar-refractivity contribution is 7.12. The summed E-state index contributed by atoms with van der Waals surface area (Å²) in [6, 6.07) is 6.07. The van der Waals surface area contributed by atoms with E-state index in [2.05, 4.69) is 29.3 Å². The van der Waals surface area contributed by atoms with Gasteiger partial charge in [-0.3, -0.25) is 5.10 Å². The molecule has 3 nitrogen and oxygen atoms in total. The Morgan fingerprint density at radius 3 is 2.93 bits per heavy atom. The second-order valence-corrected chi connectivity index (χ2v) is 4.35. The molecule has 0 spiro atoms. The third-order valence-electron chi connectivity index (χ3n) is 2.19. The molecule has 0 aliphatic heterocycles. The minimum absolute atomic E-state index is 0.0669. The molecule has 14 heavy (non-hydrogen) atoms. The highest BCUT2D eigenvalue weighted by Crippen LogP contribution is 2.25. The third-order valence-corrected chi connectivity index (χ3v) is 3.51. The van der Waals surface area contributed by atoms with Gasteiger partial charge in [0.1, 0.15) is 0 Å². The molecule has 1 atom stereocenters. The SMILES string of the molecule is CCc1ccc(C(N)c2ccn[nH]2)s1. The van der Waals surface area contributed by atoms with E-state index in [-0.39, 0.29) is 6.04 Å². The lowest BCUT2D eigenvalue weighted by Crippen LogP contribution is -2.10. The van der Waals surface area contributed by atoms with Crippen LogP contribution in [0.4, 0.5) is 0 Å². The van der Waals surface area contributed by atoms with Crippen LogP contribution in [-0.2, 0) is 6.42 Å². The Kier molecular flexibility index (Phi) is 2.65. The Labute approximate surface area is 87.0 Å². The minimum atomic E-state index is -0.0669. The summed E-state index contributed by atoms with van der Waals surface area (Å²) in [5, 5.41) is 6.79. The monoisotopic (exact) mass is 207 g/mol. The normalized spacial score (nSPS) is 13.0. The number of aryl methyl sites for hydroxylation is 1. The second kappa shape index (κ2) is 3.94. The maximum Gasteiger partial charge on any atom is 0.0814 e. The predicted octanol–water partition coefficient (Wildman–Crippen LogP) is 2.08. The maximum absolute atomic E-state index is 6.07. The fraction of sp³-hybridized carbons (Fsp3) is 0.300. The number of rotatable bonds is 3. The molecule has 4 heteroatoms. The third kappa shape index (κ3) is 1.71. The van der Waals surface area contributed by atoms with E-state index in [1.165, 1.54) is 9.75 Å². The van der Waals surface area contributed by atoms with E-state index in [1.807, 2.05) is 6.07 Å². The molecule has 0 aliphatic rings. The van der Waals surface area contributed by atoms with Crippen LogP contribution in [0.15, 0.2) is 24.4 Å². The van der Waals surface area contributed by atoms with Gasteiger partial charge >= 0.3 is 0 Å². The molecule has 1 unspecified atom stereocenters. The van der Waals surface area contributed by atoms with Gasteiger partial charge in [-0.1, -0.05) is 6.92 Å². The van der Waals surface area contributed by atoms with Crippen molar-refractivity contribution in [2.45, 2.75) is 19.4 Å². The van der Waals surface area contributed by atoms with Gasteiger partial charge in [0.25, 0.3) is 0 Å². The van der Waals surface area contributed by atoms with Gasteiger partial charge in [-0.25, -0.2) is 0 Å². The molecule has 0 radical (unpaired) electrons. The van der Waals surface area contributed by atoms with Crippen LogP contribution in [0.3, 0.4) is 0 Å². The minimum Gasteiger partial charge on any atom is -0.318 e. The van der Waals surface area contributed by atoms with Crippen molar-refractivity contribution in [2.24, 2.45) is 5.73 Å². The zero-order valence-electron chi connectivity index (χ0n) is 8.03. The molecule has 0 bridgehead atoms. The molecule has 2 rings (SSSR count). The van der Waals surface area contributed by atoms with E-state index in [0.717, 1.165) is 12.1 Å². The van der Waals surface area contributed by atoms with E-state index in [4.69, 9.17) is 5.73 Å². The van der Waals surface area contributed by atoms with E-state index in [9.17, 15) is 0 Å². The number of H-pyrrole nitrogens is 1. The molecule has 2 heterocycles. The molecule has 3 N–H and O–H groups in total. The first-order chi connectivity index (χ1) is 6.81. The van der Waals surface area contributed by atoms with Gasteiger partial charge in [-0.15, -0.1) is 11.3 Å². The summed E-state index contributed by atoms with van der Waals surface area (Å²) in [5.74, 6) is 0. The smallest absolute Gasteiger partial charge is 0.0814 e. The lowest BCUT2D eigenvalue weighted by molar-refractivity contribution is 0.832. The highest BCUT2D eigenvalue weighted by atomic mass is 32.1. The van der Waals surface area contributed by atoms with Crippen molar-refractivity contribution in [1.82, 2.24) is 10.2 Å². The van der Waals surface area contributed by atoms with Crippen LogP contribution in [0.5, 0.6) is 0 Å². The predicted molar refractivity (Wildman–Crippen MR) is 58.3 cm³/mol. The van der Waals surface area contributed by atoms with Crippen molar-refractivity contribution in [3.05, 3.63) is 39.8 Å². The first-order valence-electron chi connectivity index (χ1n) is 4.64. The Bertz CT molecular complexity index is 391. The Morgan fingerprint density at radius 2 is 2.36 bits per heavy atom. The van der Waals surface area contributed by atoms with Crippen molar-refractivity contribution in [3.63, 3.8) is 0 Å². The van der Waals surface area contributed by atoms with Gasteiger partial charge in [0.05, 0.1) is 11.7 Å². The fourth-order valence-corrected chi connectivity index (χ4v) is 2.32. The van der Waals surface area contributed by atoms with Crippen LogP contribution in [0.1, 0.15) is 28.4 Å². The summed E-state index contributed by atoms with van der Waals surface area (Å²) in [6.07, 6.45) is 2.80. The number of nitrogens with zero attached hydrogens (tertiary/aromatic N) is 1. The van der Waals surface area contributed by atoms with Crippen LogP contribution < -0.4 is 5.73 Å². The summed E-state index contributed by atoms with van der Waals surface area (Å²) < 4.78 is 0. The van der Waals surface area contributed by atoms with Gasteiger partial charge in [-0.05, 0) is 24.6 Å². The van der Waals surface area contributed by atoms with Crippen molar-refractivity contribution in [1.29, 1.82) is 0 Å². The molecule has 0 amide bonds. The Morgan fingerprint density at radius 1 is 1.50 bits per heavy atom. The van der Waals surface area contributed by atoms with Gasteiger partial charge < -0.3 is 5.73 Å². The zero-order valence-corrected chi connectivity index (χ0v) is 8.84. The van der Waals surface area contributed by atoms with E-state index < -0.39 is 0 Å².